The molecule has 0 saturated carbocycles. The van der Waals surface area contributed by atoms with E-state index in [0.717, 1.165) is 10.8 Å². The Morgan fingerprint density at radius 2 is 2.25 bits per heavy atom. The standard InChI is InChI=1S/C11H9BrClNO2/c12-8-1-2-10(7(3-8)6-15)14-5-9(13)4-11(14)16/h1-3,6,9H,4-5H2. The van der Waals surface area contributed by atoms with E-state index in [1.165, 1.54) is 0 Å². The van der Waals surface area contributed by atoms with Gasteiger partial charge in [-0.25, -0.2) is 0 Å². The fraction of sp³-hybridized carbons (Fsp3) is 0.273. The number of hydrogen-bond acceptors (Lipinski definition) is 2. The molecule has 1 atom stereocenters. The highest BCUT2D eigenvalue weighted by Gasteiger charge is 2.30. The molecule has 1 unspecified atom stereocenters. The maximum atomic E-state index is 11.7. The Kier molecular flexibility index (Phi) is 3.30. The molecule has 1 fully saturated rings. The van der Waals surface area contributed by atoms with Crippen LogP contribution in [0.2, 0.25) is 0 Å². The zero-order chi connectivity index (χ0) is 11.7. The monoisotopic (exact) mass is 301 g/mol. The van der Waals surface area contributed by atoms with Crippen molar-refractivity contribution in [2.45, 2.75) is 11.8 Å². The molecule has 1 amide bonds. The Balaban J connectivity index is 2.40. The van der Waals surface area contributed by atoms with Gasteiger partial charge in [0.1, 0.15) is 0 Å². The lowest BCUT2D eigenvalue weighted by atomic mass is 10.2. The second-order valence-corrected chi connectivity index (χ2v) is 5.16. The van der Waals surface area contributed by atoms with Crippen LogP contribution in [0.15, 0.2) is 22.7 Å². The van der Waals surface area contributed by atoms with Crippen LogP contribution in [0.1, 0.15) is 16.8 Å². The summed E-state index contributed by atoms with van der Waals surface area (Å²) in [5.74, 6) is -0.0366. The van der Waals surface area contributed by atoms with Crippen molar-refractivity contribution in [3.8, 4) is 0 Å². The molecule has 0 aliphatic carbocycles. The first-order chi connectivity index (χ1) is 7.61. The van der Waals surface area contributed by atoms with E-state index in [1.54, 1.807) is 23.1 Å². The molecule has 1 heterocycles. The van der Waals surface area contributed by atoms with Crippen LogP contribution in [-0.4, -0.2) is 24.1 Å². The number of benzene rings is 1. The molecule has 1 aliphatic heterocycles. The zero-order valence-electron chi connectivity index (χ0n) is 8.32. The Morgan fingerprint density at radius 3 is 2.81 bits per heavy atom. The molecule has 2 rings (SSSR count). The molecular formula is C11H9BrClNO2. The molecule has 1 aliphatic rings. The summed E-state index contributed by atoms with van der Waals surface area (Å²) in [6, 6.07) is 5.25. The first kappa shape index (κ1) is 11.6. The van der Waals surface area contributed by atoms with Gasteiger partial charge < -0.3 is 4.90 Å². The van der Waals surface area contributed by atoms with Crippen molar-refractivity contribution in [2.75, 3.05) is 11.4 Å². The molecule has 1 aromatic carbocycles. The molecule has 0 aromatic heterocycles. The number of carbonyl (C=O) groups is 2. The van der Waals surface area contributed by atoms with Crippen molar-refractivity contribution in [1.29, 1.82) is 0 Å². The highest BCUT2D eigenvalue weighted by atomic mass is 79.9. The van der Waals surface area contributed by atoms with Crippen molar-refractivity contribution < 1.29 is 9.59 Å². The number of alkyl halides is 1. The first-order valence-corrected chi connectivity index (χ1v) is 6.04. The molecule has 5 heteroatoms. The quantitative estimate of drug-likeness (QED) is 0.622. The summed E-state index contributed by atoms with van der Waals surface area (Å²) >= 11 is 9.20. The van der Waals surface area contributed by atoms with E-state index < -0.39 is 0 Å². The lowest BCUT2D eigenvalue weighted by Gasteiger charge is -2.17. The third-order valence-electron chi connectivity index (χ3n) is 2.49. The fourth-order valence-electron chi connectivity index (χ4n) is 1.76. The van der Waals surface area contributed by atoms with Gasteiger partial charge in [-0.15, -0.1) is 11.6 Å². The number of nitrogens with zero attached hydrogens (tertiary/aromatic N) is 1. The molecule has 1 saturated heterocycles. The second kappa shape index (κ2) is 4.55. The summed E-state index contributed by atoms with van der Waals surface area (Å²) in [4.78, 5) is 24.1. The van der Waals surface area contributed by atoms with E-state index >= 15 is 0 Å². The minimum atomic E-state index is -0.171. The third kappa shape index (κ3) is 2.13. The topological polar surface area (TPSA) is 37.4 Å². The van der Waals surface area contributed by atoms with Crippen LogP contribution >= 0.6 is 27.5 Å². The van der Waals surface area contributed by atoms with Gasteiger partial charge in [0.25, 0.3) is 0 Å². The van der Waals surface area contributed by atoms with Gasteiger partial charge in [-0.3, -0.25) is 9.59 Å². The van der Waals surface area contributed by atoms with Gasteiger partial charge >= 0.3 is 0 Å². The highest BCUT2D eigenvalue weighted by molar-refractivity contribution is 9.10. The molecular weight excluding hydrogens is 293 g/mol. The van der Waals surface area contributed by atoms with Gasteiger partial charge in [0.2, 0.25) is 5.91 Å². The normalized spacial score (nSPS) is 20.2. The molecule has 0 spiro atoms. The van der Waals surface area contributed by atoms with Crippen LogP contribution in [0.3, 0.4) is 0 Å². The average molecular weight is 303 g/mol. The van der Waals surface area contributed by atoms with Gasteiger partial charge in [-0.1, -0.05) is 15.9 Å². The Labute approximate surface area is 107 Å². The Morgan fingerprint density at radius 1 is 1.50 bits per heavy atom. The summed E-state index contributed by atoms with van der Waals surface area (Å²) in [5, 5.41) is -0.171. The predicted molar refractivity (Wildman–Crippen MR) is 66.1 cm³/mol. The van der Waals surface area contributed by atoms with Crippen LogP contribution in [0, 0.1) is 0 Å². The molecule has 0 radical (unpaired) electrons. The number of anilines is 1. The maximum Gasteiger partial charge on any atom is 0.228 e. The summed E-state index contributed by atoms with van der Waals surface area (Å²) < 4.78 is 0.812. The Hall–Kier alpha value is -0.870. The molecule has 0 bridgehead atoms. The Bertz CT molecular complexity index is 450. The van der Waals surface area contributed by atoms with Crippen LogP contribution in [0.5, 0.6) is 0 Å². The number of halogens is 2. The van der Waals surface area contributed by atoms with E-state index in [0.29, 0.717) is 24.2 Å². The lowest BCUT2D eigenvalue weighted by Crippen LogP contribution is -2.25. The molecule has 1 aromatic rings. The number of carbonyl (C=O) groups excluding carboxylic acids is 2. The minimum absolute atomic E-state index is 0.0366. The summed E-state index contributed by atoms with van der Waals surface area (Å²) in [7, 11) is 0. The largest absolute Gasteiger partial charge is 0.310 e. The van der Waals surface area contributed by atoms with Crippen molar-refractivity contribution in [3.63, 3.8) is 0 Å². The van der Waals surface area contributed by atoms with Gasteiger partial charge in [0.15, 0.2) is 6.29 Å². The van der Waals surface area contributed by atoms with Crippen molar-refractivity contribution in [2.24, 2.45) is 0 Å². The van der Waals surface area contributed by atoms with Gasteiger partial charge in [-0.05, 0) is 18.2 Å². The predicted octanol–water partition coefficient (Wildman–Crippen LogP) is 2.61. The summed E-state index contributed by atoms with van der Waals surface area (Å²) in [6.07, 6.45) is 1.07. The third-order valence-corrected chi connectivity index (χ3v) is 3.27. The number of hydrogen-bond donors (Lipinski definition) is 0. The zero-order valence-corrected chi connectivity index (χ0v) is 10.7. The number of rotatable bonds is 2. The number of amides is 1. The maximum absolute atomic E-state index is 11.7. The van der Waals surface area contributed by atoms with Crippen LogP contribution in [0.25, 0.3) is 0 Å². The van der Waals surface area contributed by atoms with Crippen molar-refractivity contribution in [3.05, 3.63) is 28.2 Å². The average Bonchev–Trinajstić information content (AvgIpc) is 2.57. The van der Waals surface area contributed by atoms with E-state index in [1.807, 2.05) is 0 Å². The van der Waals surface area contributed by atoms with Gasteiger partial charge in [0, 0.05) is 23.0 Å². The van der Waals surface area contributed by atoms with Crippen LogP contribution in [0.4, 0.5) is 5.69 Å². The molecule has 84 valence electrons. The smallest absolute Gasteiger partial charge is 0.228 e. The van der Waals surface area contributed by atoms with Crippen molar-refractivity contribution >= 4 is 45.4 Å². The second-order valence-electron chi connectivity index (χ2n) is 3.63. The molecule has 0 N–H and O–H groups in total. The van der Waals surface area contributed by atoms with E-state index in [2.05, 4.69) is 15.9 Å². The fourth-order valence-corrected chi connectivity index (χ4v) is 2.41. The van der Waals surface area contributed by atoms with Gasteiger partial charge in [0.05, 0.1) is 11.1 Å². The van der Waals surface area contributed by atoms with E-state index in [9.17, 15) is 9.59 Å². The van der Waals surface area contributed by atoms with Gasteiger partial charge in [-0.2, -0.15) is 0 Å². The SMILES string of the molecule is O=Cc1cc(Br)ccc1N1CC(Cl)CC1=O. The van der Waals surface area contributed by atoms with Crippen LogP contribution < -0.4 is 4.90 Å². The number of aldehydes is 1. The molecule has 3 nitrogen and oxygen atoms in total. The summed E-state index contributed by atoms with van der Waals surface area (Å²) in [6.45, 7) is 0.461. The van der Waals surface area contributed by atoms with E-state index in [4.69, 9.17) is 11.6 Å². The summed E-state index contributed by atoms with van der Waals surface area (Å²) in [5.41, 5.74) is 1.12. The minimum Gasteiger partial charge on any atom is -0.310 e. The van der Waals surface area contributed by atoms with Crippen molar-refractivity contribution in [1.82, 2.24) is 0 Å². The van der Waals surface area contributed by atoms with Crippen LogP contribution in [-0.2, 0) is 4.79 Å². The highest BCUT2D eigenvalue weighted by Crippen LogP contribution is 2.28. The lowest BCUT2D eigenvalue weighted by molar-refractivity contribution is -0.117. The first-order valence-electron chi connectivity index (χ1n) is 4.81. The van der Waals surface area contributed by atoms with E-state index in [-0.39, 0.29) is 11.3 Å². The molecule has 16 heavy (non-hydrogen) atoms.